The zero-order chi connectivity index (χ0) is 36.8. The number of aliphatic hydroxyl groups is 1. The van der Waals surface area contributed by atoms with E-state index in [0.717, 1.165) is 47.1 Å². The number of anilines is 1. The molecule has 0 radical (unpaired) electrons. The fourth-order valence-corrected chi connectivity index (χ4v) is 7.46. The number of benzene rings is 3. The van der Waals surface area contributed by atoms with Crippen LogP contribution in [0, 0.1) is 20.2 Å². The number of allylic oxidation sites excluding steroid dienone is 5. The third-order valence-corrected chi connectivity index (χ3v) is 10.2. The number of nitro benzene ring substituents is 2. The molecule has 6 rings (SSSR count). The van der Waals surface area contributed by atoms with Gasteiger partial charge < -0.3 is 15.1 Å². The van der Waals surface area contributed by atoms with E-state index in [4.69, 9.17) is 5.11 Å². The number of carboxylic acids is 1. The summed E-state index contributed by atoms with van der Waals surface area (Å²) in [4.78, 5) is 49.0. The largest absolute Gasteiger partial charge is 0.506 e. The maximum Gasteiger partial charge on any atom is 0.303 e. The quantitative estimate of drug-likeness (QED) is 0.0635. The van der Waals surface area contributed by atoms with Crippen LogP contribution in [0.2, 0.25) is 0 Å². The lowest BCUT2D eigenvalue weighted by Crippen LogP contribution is -2.32. The van der Waals surface area contributed by atoms with Crippen LogP contribution in [0.3, 0.4) is 0 Å². The SMILES string of the molecule is CC1(C)C(=CC2=C(O)/C(=C\C3=[N+](Cc4cc([N+](=O)[O-])cc([N+](=O)[O-])c4)c4ccccc4C3(C)C)C2=O)N(CCCCCC(=O)O)c2ccccc21. The normalized spacial score (nSPS) is 18.7. The second-order valence-corrected chi connectivity index (χ2v) is 14.2. The van der Waals surface area contributed by atoms with Crippen molar-refractivity contribution in [3.05, 3.63) is 138 Å². The number of carbonyl (C=O) groups is 2. The number of rotatable bonds is 12. The van der Waals surface area contributed by atoms with Gasteiger partial charge >= 0.3 is 5.97 Å². The van der Waals surface area contributed by atoms with Crippen LogP contribution in [0.4, 0.5) is 22.7 Å². The van der Waals surface area contributed by atoms with Crippen molar-refractivity contribution in [2.45, 2.75) is 70.8 Å². The number of hydrogen-bond acceptors (Lipinski definition) is 8. The molecular weight excluding hydrogens is 652 g/mol. The van der Waals surface area contributed by atoms with Gasteiger partial charge in [0.2, 0.25) is 11.5 Å². The third kappa shape index (κ3) is 6.22. The molecule has 0 saturated heterocycles. The van der Waals surface area contributed by atoms with Gasteiger partial charge in [0.25, 0.3) is 11.4 Å². The van der Waals surface area contributed by atoms with E-state index in [1.54, 1.807) is 12.2 Å². The summed E-state index contributed by atoms with van der Waals surface area (Å²) in [7, 11) is 0. The van der Waals surface area contributed by atoms with Crippen LogP contribution in [0.25, 0.3) is 0 Å². The topological polar surface area (TPSA) is 167 Å². The molecule has 0 spiro atoms. The molecule has 0 amide bonds. The lowest BCUT2D eigenvalue weighted by molar-refractivity contribution is -0.455. The van der Waals surface area contributed by atoms with Gasteiger partial charge in [0.05, 0.1) is 32.5 Å². The molecule has 0 saturated carbocycles. The molecule has 0 unspecified atom stereocenters. The highest BCUT2D eigenvalue weighted by Gasteiger charge is 2.47. The number of unbranched alkanes of at least 4 members (excludes halogenated alkanes) is 2. The molecule has 0 fully saturated rings. The molecule has 0 bridgehead atoms. The van der Waals surface area contributed by atoms with Gasteiger partial charge in [-0.1, -0.05) is 56.7 Å². The third-order valence-electron chi connectivity index (χ3n) is 10.2. The lowest BCUT2D eigenvalue weighted by atomic mass is 9.77. The first kappa shape index (κ1) is 34.9. The Morgan fingerprint density at radius 2 is 1.49 bits per heavy atom. The number of fused-ring (bicyclic) bond motifs is 2. The molecule has 3 aromatic carbocycles. The van der Waals surface area contributed by atoms with Crippen molar-refractivity contribution in [2.75, 3.05) is 11.4 Å². The van der Waals surface area contributed by atoms with Gasteiger partial charge in [-0.3, -0.25) is 29.8 Å². The highest BCUT2D eigenvalue weighted by atomic mass is 16.6. The molecule has 262 valence electrons. The minimum atomic E-state index is -0.822. The minimum Gasteiger partial charge on any atom is -0.506 e. The molecule has 12 nitrogen and oxygen atoms in total. The van der Waals surface area contributed by atoms with Crippen molar-refractivity contribution in [1.29, 1.82) is 0 Å². The predicted octanol–water partition coefficient (Wildman–Crippen LogP) is 7.73. The average molecular weight is 692 g/mol. The molecule has 12 heteroatoms. The number of carboxylic acid groups (broad SMARTS) is 1. The summed E-state index contributed by atoms with van der Waals surface area (Å²) in [5.74, 6) is -1.30. The van der Waals surface area contributed by atoms with Crippen LogP contribution >= 0.6 is 0 Å². The average Bonchev–Trinajstić information content (AvgIpc) is 3.43. The number of non-ortho nitro benzene ring substituents is 2. The Labute approximate surface area is 294 Å². The molecule has 1 aliphatic carbocycles. The van der Waals surface area contributed by atoms with Gasteiger partial charge in [-0.25, -0.2) is 0 Å². The van der Waals surface area contributed by atoms with E-state index >= 15 is 0 Å². The Kier molecular flexibility index (Phi) is 8.96. The number of aliphatic hydroxyl groups excluding tert-OH is 1. The van der Waals surface area contributed by atoms with Gasteiger partial charge in [-0.05, 0) is 44.4 Å². The fraction of sp³-hybridized carbons (Fsp3) is 0.308. The fourth-order valence-electron chi connectivity index (χ4n) is 7.46. The molecule has 2 aliphatic heterocycles. The number of nitrogens with zero attached hydrogens (tertiary/aromatic N) is 4. The van der Waals surface area contributed by atoms with E-state index in [1.807, 2.05) is 60.9 Å². The van der Waals surface area contributed by atoms with Gasteiger partial charge in [0.1, 0.15) is 5.76 Å². The Hall–Kier alpha value is -5.91. The molecule has 3 aliphatic rings. The van der Waals surface area contributed by atoms with Gasteiger partial charge in [0.15, 0.2) is 12.3 Å². The summed E-state index contributed by atoms with van der Waals surface area (Å²) in [5.41, 5.74) is 4.03. The molecular formula is C39H39N4O8+. The van der Waals surface area contributed by atoms with Crippen molar-refractivity contribution in [1.82, 2.24) is 0 Å². The first-order valence-electron chi connectivity index (χ1n) is 16.8. The molecule has 2 heterocycles. The highest BCUT2D eigenvalue weighted by molar-refractivity contribution is 6.24. The minimum absolute atomic E-state index is 0.0471. The van der Waals surface area contributed by atoms with E-state index in [1.165, 1.54) is 12.1 Å². The first-order chi connectivity index (χ1) is 24.1. The summed E-state index contributed by atoms with van der Waals surface area (Å²) in [6, 6.07) is 19.1. The number of ketones is 1. The number of nitro groups is 2. The Morgan fingerprint density at radius 1 is 0.863 bits per heavy atom. The maximum absolute atomic E-state index is 13.9. The maximum atomic E-state index is 13.9. The zero-order valence-electron chi connectivity index (χ0n) is 28.9. The first-order valence-corrected chi connectivity index (χ1v) is 16.8. The molecule has 2 N–H and O–H groups in total. The molecule has 51 heavy (non-hydrogen) atoms. The van der Waals surface area contributed by atoms with Crippen molar-refractivity contribution in [3.8, 4) is 0 Å². The number of para-hydroxylation sites is 2. The van der Waals surface area contributed by atoms with E-state index < -0.39 is 38.0 Å². The summed E-state index contributed by atoms with van der Waals surface area (Å²) in [5, 5.41) is 43.8. The summed E-state index contributed by atoms with van der Waals surface area (Å²) in [6.07, 6.45) is 5.57. The van der Waals surface area contributed by atoms with Gasteiger partial charge in [0, 0.05) is 65.2 Å². The number of Topliss-reactive ketones (excluding diaryl/α,β-unsaturated/α-hetero) is 1. The van der Waals surface area contributed by atoms with E-state index in [2.05, 4.69) is 24.8 Å². The summed E-state index contributed by atoms with van der Waals surface area (Å²) >= 11 is 0. The Balaban J connectivity index is 1.40. The van der Waals surface area contributed by atoms with Crippen LogP contribution in [0.15, 0.2) is 101 Å². The Morgan fingerprint density at radius 3 is 2.12 bits per heavy atom. The lowest BCUT2D eigenvalue weighted by Gasteiger charge is -2.29. The van der Waals surface area contributed by atoms with E-state index in [9.17, 15) is 34.9 Å². The number of hydrogen-bond donors (Lipinski definition) is 2. The zero-order valence-corrected chi connectivity index (χ0v) is 28.9. The molecule has 0 aromatic heterocycles. The van der Waals surface area contributed by atoms with Crippen LogP contribution in [0.5, 0.6) is 0 Å². The predicted molar refractivity (Wildman–Crippen MR) is 192 cm³/mol. The van der Waals surface area contributed by atoms with Crippen molar-refractivity contribution in [3.63, 3.8) is 0 Å². The van der Waals surface area contributed by atoms with Crippen LogP contribution in [0.1, 0.15) is 70.1 Å². The Bertz CT molecular complexity index is 2110. The summed E-state index contributed by atoms with van der Waals surface area (Å²) in [6.45, 7) is 8.77. The van der Waals surface area contributed by atoms with Crippen LogP contribution < -0.4 is 4.90 Å². The number of carbonyl (C=O) groups excluding carboxylic acids is 1. The molecule has 3 aromatic rings. The van der Waals surface area contributed by atoms with E-state index in [-0.39, 0.29) is 35.7 Å². The van der Waals surface area contributed by atoms with Gasteiger partial charge in [-0.2, -0.15) is 4.58 Å². The van der Waals surface area contributed by atoms with Crippen LogP contribution in [-0.2, 0) is 27.0 Å². The van der Waals surface area contributed by atoms with Gasteiger partial charge in [-0.15, -0.1) is 0 Å². The van der Waals surface area contributed by atoms with Crippen molar-refractivity contribution < 1.29 is 34.2 Å². The highest BCUT2D eigenvalue weighted by Crippen LogP contribution is 2.49. The molecule has 0 atom stereocenters. The van der Waals surface area contributed by atoms with E-state index in [0.29, 0.717) is 24.2 Å². The standard InChI is InChI=1S/C39H38N4O8/c1-38(2)29-12-7-9-14-31(29)40(17-11-5-6-16-35(44)45)33(38)21-27-36(46)28(37(27)47)22-34-39(3,4)30-13-8-10-15-32(30)41(34)23-24-18-25(42(48)49)20-26(19-24)43(50)51/h7-10,12-15,18-22H,5-6,11,16-17,23H2,1-4H3,(H-,44,45,46,47)/p+1. The van der Waals surface area contributed by atoms with Crippen molar-refractivity contribution in [2.24, 2.45) is 0 Å². The smallest absolute Gasteiger partial charge is 0.303 e. The van der Waals surface area contributed by atoms with Crippen molar-refractivity contribution >= 4 is 40.2 Å². The second-order valence-electron chi connectivity index (χ2n) is 14.2. The second kappa shape index (κ2) is 13.1. The monoisotopic (exact) mass is 691 g/mol. The van der Waals surface area contributed by atoms with Crippen LogP contribution in [-0.4, -0.2) is 48.6 Å². The number of aliphatic carboxylic acids is 1. The summed E-state index contributed by atoms with van der Waals surface area (Å²) < 4.78 is 1.88.